The molecule has 1 aromatic rings. The molecule has 4 heteroatoms. The Bertz CT molecular complexity index is 306. The summed E-state index contributed by atoms with van der Waals surface area (Å²) in [5.74, 6) is 0.648. The van der Waals surface area contributed by atoms with Crippen molar-refractivity contribution in [1.82, 2.24) is 0 Å². The Labute approximate surface area is 87.8 Å². The van der Waals surface area contributed by atoms with Gasteiger partial charge in [0, 0.05) is 16.6 Å². The van der Waals surface area contributed by atoms with Crippen LogP contribution in [0.3, 0.4) is 0 Å². The van der Waals surface area contributed by atoms with Gasteiger partial charge in [-0.2, -0.15) is 0 Å². The molecule has 0 aliphatic carbocycles. The molecular formula is C10H13ClFNO. The van der Waals surface area contributed by atoms with Gasteiger partial charge in [-0.15, -0.1) is 0 Å². The Morgan fingerprint density at radius 2 is 2.29 bits per heavy atom. The van der Waals surface area contributed by atoms with Gasteiger partial charge < -0.3 is 10.5 Å². The number of hydrogen-bond acceptors (Lipinski definition) is 2. The summed E-state index contributed by atoms with van der Waals surface area (Å²) in [6.07, 6.45) is 0.275. The zero-order valence-corrected chi connectivity index (χ0v) is 8.72. The molecular weight excluding hydrogens is 205 g/mol. The summed E-state index contributed by atoms with van der Waals surface area (Å²) in [4.78, 5) is 0. The molecule has 0 aliphatic heterocycles. The van der Waals surface area contributed by atoms with E-state index >= 15 is 0 Å². The second-order valence-corrected chi connectivity index (χ2v) is 3.41. The normalized spacial score (nSPS) is 12.6. The van der Waals surface area contributed by atoms with Crippen LogP contribution in [0.25, 0.3) is 0 Å². The monoisotopic (exact) mass is 217 g/mol. The van der Waals surface area contributed by atoms with Crippen LogP contribution in [0, 0.1) is 0 Å². The van der Waals surface area contributed by atoms with Crippen LogP contribution in [0.4, 0.5) is 4.39 Å². The van der Waals surface area contributed by atoms with Gasteiger partial charge in [0.1, 0.15) is 5.75 Å². The number of ether oxygens (including phenoxy) is 1. The highest BCUT2D eigenvalue weighted by Crippen LogP contribution is 2.28. The SMILES string of the molecule is COc1ccc(Cl)cc1[C@@H](N)CCF. The summed E-state index contributed by atoms with van der Waals surface area (Å²) in [7, 11) is 1.55. The highest BCUT2D eigenvalue weighted by Gasteiger charge is 2.11. The first kappa shape index (κ1) is 11.3. The van der Waals surface area contributed by atoms with Crippen LogP contribution in [0.15, 0.2) is 18.2 Å². The van der Waals surface area contributed by atoms with Crippen molar-refractivity contribution < 1.29 is 9.13 Å². The van der Waals surface area contributed by atoms with Crippen LogP contribution < -0.4 is 10.5 Å². The van der Waals surface area contributed by atoms with E-state index in [2.05, 4.69) is 0 Å². The van der Waals surface area contributed by atoms with E-state index in [1.54, 1.807) is 25.3 Å². The summed E-state index contributed by atoms with van der Waals surface area (Å²) in [5.41, 5.74) is 6.52. The first-order valence-electron chi connectivity index (χ1n) is 4.34. The summed E-state index contributed by atoms with van der Waals surface area (Å²) in [6, 6.07) is 4.79. The molecule has 0 unspecified atom stereocenters. The molecule has 14 heavy (non-hydrogen) atoms. The van der Waals surface area contributed by atoms with Gasteiger partial charge in [-0.3, -0.25) is 4.39 Å². The van der Waals surface area contributed by atoms with Crippen LogP contribution >= 0.6 is 11.6 Å². The van der Waals surface area contributed by atoms with E-state index in [0.29, 0.717) is 10.8 Å². The fourth-order valence-electron chi connectivity index (χ4n) is 1.27. The van der Waals surface area contributed by atoms with E-state index in [1.165, 1.54) is 0 Å². The minimum atomic E-state index is -0.448. The summed E-state index contributed by atoms with van der Waals surface area (Å²) in [5, 5.41) is 0.579. The number of nitrogens with two attached hydrogens (primary N) is 1. The zero-order chi connectivity index (χ0) is 10.6. The summed E-state index contributed by atoms with van der Waals surface area (Å²) < 4.78 is 17.2. The van der Waals surface area contributed by atoms with E-state index in [4.69, 9.17) is 22.1 Å². The predicted octanol–water partition coefficient (Wildman–Crippen LogP) is 2.71. The molecule has 1 aromatic carbocycles. The van der Waals surface area contributed by atoms with Crippen molar-refractivity contribution in [2.24, 2.45) is 5.73 Å². The largest absolute Gasteiger partial charge is 0.496 e. The van der Waals surface area contributed by atoms with Gasteiger partial charge in [0.05, 0.1) is 13.8 Å². The van der Waals surface area contributed by atoms with Gasteiger partial charge in [0.15, 0.2) is 0 Å². The van der Waals surface area contributed by atoms with Crippen LogP contribution in [0.2, 0.25) is 5.02 Å². The molecule has 0 aromatic heterocycles. The first-order valence-corrected chi connectivity index (χ1v) is 4.71. The second-order valence-electron chi connectivity index (χ2n) is 2.97. The van der Waals surface area contributed by atoms with Crippen molar-refractivity contribution in [3.05, 3.63) is 28.8 Å². The topological polar surface area (TPSA) is 35.2 Å². The fraction of sp³-hybridized carbons (Fsp3) is 0.400. The average molecular weight is 218 g/mol. The Balaban J connectivity index is 2.97. The van der Waals surface area contributed by atoms with Gasteiger partial charge in [0.2, 0.25) is 0 Å². The molecule has 0 amide bonds. The van der Waals surface area contributed by atoms with Crippen LogP contribution in [0.5, 0.6) is 5.75 Å². The number of benzene rings is 1. The lowest BCUT2D eigenvalue weighted by molar-refractivity contribution is 0.395. The summed E-state index contributed by atoms with van der Waals surface area (Å²) in [6.45, 7) is -0.448. The molecule has 0 aliphatic rings. The highest BCUT2D eigenvalue weighted by molar-refractivity contribution is 6.30. The van der Waals surface area contributed by atoms with Crippen molar-refractivity contribution in [2.45, 2.75) is 12.5 Å². The Hall–Kier alpha value is -0.800. The third-order valence-electron chi connectivity index (χ3n) is 2.01. The lowest BCUT2D eigenvalue weighted by Gasteiger charge is -2.14. The van der Waals surface area contributed by atoms with Crippen LogP contribution in [-0.4, -0.2) is 13.8 Å². The Kier molecular flexibility index (Phi) is 4.17. The summed E-state index contributed by atoms with van der Waals surface area (Å²) >= 11 is 5.81. The van der Waals surface area contributed by atoms with Crippen molar-refractivity contribution in [1.29, 1.82) is 0 Å². The Morgan fingerprint density at radius 1 is 1.57 bits per heavy atom. The average Bonchev–Trinajstić information content (AvgIpc) is 2.18. The third kappa shape index (κ3) is 2.59. The maximum Gasteiger partial charge on any atom is 0.123 e. The first-order chi connectivity index (χ1) is 6.69. The van der Waals surface area contributed by atoms with Crippen molar-refractivity contribution >= 4 is 11.6 Å². The zero-order valence-electron chi connectivity index (χ0n) is 7.97. The molecule has 2 N–H and O–H groups in total. The van der Waals surface area contributed by atoms with E-state index in [-0.39, 0.29) is 12.5 Å². The van der Waals surface area contributed by atoms with E-state index in [0.717, 1.165) is 5.56 Å². The Morgan fingerprint density at radius 3 is 2.86 bits per heavy atom. The van der Waals surface area contributed by atoms with Gasteiger partial charge in [0.25, 0.3) is 0 Å². The van der Waals surface area contributed by atoms with Crippen molar-refractivity contribution in [3.8, 4) is 5.75 Å². The molecule has 0 saturated carbocycles. The number of hydrogen-bond donors (Lipinski definition) is 1. The van der Waals surface area contributed by atoms with E-state index < -0.39 is 6.67 Å². The molecule has 0 spiro atoms. The smallest absolute Gasteiger partial charge is 0.123 e. The molecule has 0 radical (unpaired) electrons. The molecule has 0 bridgehead atoms. The van der Waals surface area contributed by atoms with Gasteiger partial charge in [-0.25, -0.2) is 0 Å². The van der Waals surface area contributed by atoms with E-state index in [1.807, 2.05) is 0 Å². The molecule has 0 saturated heterocycles. The van der Waals surface area contributed by atoms with Crippen molar-refractivity contribution in [3.63, 3.8) is 0 Å². The van der Waals surface area contributed by atoms with Crippen LogP contribution in [0.1, 0.15) is 18.0 Å². The van der Waals surface area contributed by atoms with Crippen LogP contribution in [-0.2, 0) is 0 Å². The molecule has 1 rings (SSSR count). The predicted molar refractivity (Wildman–Crippen MR) is 55.5 cm³/mol. The number of alkyl halides is 1. The molecule has 78 valence electrons. The minimum Gasteiger partial charge on any atom is -0.496 e. The fourth-order valence-corrected chi connectivity index (χ4v) is 1.45. The number of rotatable bonds is 4. The minimum absolute atomic E-state index is 0.275. The number of halogens is 2. The third-order valence-corrected chi connectivity index (χ3v) is 2.25. The molecule has 0 heterocycles. The lowest BCUT2D eigenvalue weighted by Crippen LogP contribution is -2.12. The van der Waals surface area contributed by atoms with Gasteiger partial charge in [-0.05, 0) is 24.6 Å². The maximum atomic E-state index is 12.1. The number of methoxy groups -OCH3 is 1. The van der Waals surface area contributed by atoms with E-state index in [9.17, 15) is 4.39 Å². The highest BCUT2D eigenvalue weighted by atomic mass is 35.5. The van der Waals surface area contributed by atoms with Gasteiger partial charge >= 0.3 is 0 Å². The van der Waals surface area contributed by atoms with Gasteiger partial charge in [-0.1, -0.05) is 11.6 Å². The molecule has 1 atom stereocenters. The quantitative estimate of drug-likeness (QED) is 0.842. The standard InChI is InChI=1S/C10H13ClFNO/c1-14-10-3-2-7(11)6-8(10)9(13)4-5-12/h2-3,6,9H,4-5,13H2,1H3/t9-/m0/s1. The lowest BCUT2D eigenvalue weighted by atomic mass is 10.0. The van der Waals surface area contributed by atoms with Crippen molar-refractivity contribution in [2.75, 3.05) is 13.8 Å². The second kappa shape index (κ2) is 5.17. The maximum absolute atomic E-state index is 12.1. The molecule has 0 fully saturated rings. The molecule has 2 nitrogen and oxygen atoms in total.